The highest BCUT2D eigenvalue weighted by Gasteiger charge is 2.32. The maximum atomic E-state index is 12.8. The van der Waals surface area contributed by atoms with E-state index >= 15 is 0 Å². The Balaban J connectivity index is 1.42. The minimum atomic E-state index is -3.27. The van der Waals surface area contributed by atoms with E-state index in [1.54, 1.807) is 48.2 Å². The molecular formula is C26H25ClN2O4S2. The zero-order valence-corrected chi connectivity index (χ0v) is 21.7. The minimum Gasteiger partial charge on any atom is -0.346 e. The van der Waals surface area contributed by atoms with E-state index in [9.17, 15) is 18.0 Å². The number of benzene rings is 3. The number of thioether (sulfide) groups is 1. The predicted octanol–water partition coefficient (Wildman–Crippen LogP) is 5.01. The van der Waals surface area contributed by atoms with Crippen LogP contribution in [0.2, 0.25) is 5.02 Å². The van der Waals surface area contributed by atoms with Crippen LogP contribution < -0.4 is 5.32 Å². The fourth-order valence-electron chi connectivity index (χ4n) is 3.85. The average Bonchev–Trinajstić information content (AvgIpc) is 3.20. The number of nitrogens with zero attached hydrogens (tertiary/aromatic N) is 1. The summed E-state index contributed by atoms with van der Waals surface area (Å²) in [6, 6.07) is 20.9. The summed E-state index contributed by atoms with van der Waals surface area (Å²) in [7, 11) is -3.27. The van der Waals surface area contributed by atoms with E-state index in [2.05, 4.69) is 5.32 Å². The Morgan fingerprint density at radius 2 is 1.69 bits per heavy atom. The lowest BCUT2D eigenvalue weighted by molar-refractivity contribution is -0.128. The van der Waals surface area contributed by atoms with E-state index in [-0.39, 0.29) is 28.1 Å². The third-order valence-electron chi connectivity index (χ3n) is 5.85. The Bertz CT molecular complexity index is 1330. The van der Waals surface area contributed by atoms with Gasteiger partial charge in [-0.1, -0.05) is 48.0 Å². The van der Waals surface area contributed by atoms with Crippen LogP contribution in [0.25, 0.3) is 0 Å². The molecule has 35 heavy (non-hydrogen) atoms. The van der Waals surface area contributed by atoms with E-state index in [1.807, 2.05) is 48.2 Å². The van der Waals surface area contributed by atoms with Gasteiger partial charge in [0.25, 0.3) is 5.91 Å². The molecule has 3 aromatic carbocycles. The number of sulfone groups is 1. The molecule has 1 aliphatic heterocycles. The number of hydrogen-bond donors (Lipinski definition) is 1. The molecule has 0 bridgehead atoms. The van der Waals surface area contributed by atoms with Gasteiger partial charge in [-0.2, -0.15) is 0 Å². The van der Waals surface area contributed by atoms with Crippen molar-refractivity contribution in [2.45, 2.75) is 29.8 Å². The van der Waals surface area contributed by atoms with Crippen LogP contribution in [-0.4, -0.2) is 37.1 Å². The molecule has 4 rings (SSSR count). The Kier molecular flexibility index (Phi) is 7.54. The summed E-state index contributed by atoms with van der Waals surface area (Å²) >= 11 is 7.54. The molecule has 1 saturated heterocycles. The molecule has 1 aliphatic rings. The highest BCUT2D eigenvalue weighted by Crippen LogP contribution is 2.39. The van der Waals surface area contributed by atoms with Crippen LogP contribution in [0.1, 0.15) is 45.4 Å². The fourth-order valence-corrected chi connectivity index (χ4v) is 5.80. The molecule has 0 aromatic heterocycles. The first kappa shape index (κ1) is 25.3. The summed E-state index contributed by atoms with van der Waals surface area (Å²) in [6.07, 6.45) is 1.16. The van der Waals surface area contributed by atoms with Gasteiger partial charge >= 0.3 is 0 Å². The van der Waals surface area contributed by atoms with Crippen molar-refractivity contribution in [2.24, 2.45) is 0 Å². The molecule has 0 aliphatic carbocycles. The Labute approximate surface area is 214 Å². The number of amides is 2. The van der Waals surface area contributed by atoms with E-state index in [4.69, 9.17) is 11.6 Å². The van der Waals surface area contributed by atoms with Crippen LogP contribution in [0.5, 0.6) is 0 Å². The van der Waals surface area contributed by atoms with E-state index in [1.165, 1.54) is 0 Å². The van der Waals surface area contributed by atoms with Crippen LogP contribution in [0, 0.1) is 0 Å². The first-order valence-electron chi connectivity index (χ1n) is 11.0. The van der Waals surface area contributed by atoms with Crippen LogP contribution in [0.15, 0.2) is 77.7 Å². The van der Waals surface area contributed by atoms with Gasteiger partial charge in [-0.3, -0.25) is 9.59 Å². The maximum absolute atomic E-state index is 12.8. The monoisotopic (exact) mass is 528 g/mol. The Hall–Kier alpha value is -2.81. The highest BCUT2D eigenvalue weighted by molar-refractivity contribution is 8.00. The molecule has 1 heterocycles. The highest BCUT2D eigenvalue weighted by atomic mass is 35.5. The largest absolute Gasteiger partial charge is 0.346 e. The molecule has 9 heteroatoms. The second-order valence-corrected chi connectivity index (χ2v) is 12.0. The van der Waals surface area contributed by atoms with Gasteiger partial charge < -0.3 is 10.2 Å². The first-order valence-corrected chi connectivity index (χ1v) is 14.3. The van der Waals surface area contributed by atoms with Gasteiger partial charge in [-0.15, -0.1) is 11.8 Å². The van der Waals surface area contributed by atoms with Crippen LogP contribution in [0.4, 0.5) is 0 Å². The summed E-state index contributed by atoms with van der Waals surface area (Å²) in [5, 5.41) is 3.48. The Morgan fingerprint density at radius 1 is 1.06 bits per heavy atom. The van der Waals surface area contributed by atoms with Gasteiger partial charge in [0.15, 0.2) is 9.84 Å². The quantitative estimate of drug-likeness (QED) is 0.466. The van der Waals surface area contributed by atoms with Crippen molar-refractivity contribution in [3.8, 4) is 0 Å². The van der Waals surface area contributed by atoms with Gasteiger partial charge in [0.05, 0.1) is 16.7 Å². The van der Waals surface area contributed by atoms with Crippen molar-refractivity contribution >= 4 is 45.0 Å². The zero-order valence-electron chi connectivity index (χ0n) is 19.3. The first-order chi connectivity index (χ1) is 16.6. The molecule has 1 fully saturated rings. The van der Waals surface area contributed by atoms with Gasteiger partial charge in [-0.05, 0) is 60.0 Å². The smallest absolute Gasteiger partial charge is 0.251 e. The second-order valence-electron chi connectivity index (χ2n) is 8.47. The average molecular weight is 529 g/mol. The van der Waals surface area contributed by atoms with Gasteiger partial charge in [0.1, 0.15) is 5.37 Å². The van der Waals surface area contributed by atoms with E-state index < -0.39 is 9.84 Å². The molecule has 1 N–H and O–H groups in total. The normalized spacial score (nSPS) is 16.8. The predicted molar refractivity (Wildman–Crippen MR) is 139 cm³/mol. The standard InChI is InChI=1S/C26H25ClN2O4S2/c1-17(19-9-13-23(14-10-19)35(2,32)33)28-25(31)20-5-7-21(8-6-20)26-29(24(30)16-34-26)15-18-3-11-22(27)12-4-18/h3-14,17,26H,15-16H2,1-2H3,(H,28,31)/t17-,26-/m0/s1. The topological polar surface area (TPSA) is 83.6 Å². The molecule has 2 atom stereocenters. The van der Waals surface area contributed by atoms with Gasteiger partial charge in [0, 0.05) is 23.4 Å². The lowest BCUT2D eigenvalue weighted by Gasteiger charge is -2.24. The minimum absolute atomic E-state index is 0.0764. The van der Waals surface area contributed by atoms with Gasteiger partial charge in [0.2, 0.25) is 5.91 Å². The molecule has 182 valence electrons. The second kappa shape index (κ2) is 10.4. The molecule has 3 aromatic rings. The number of nitrogens with one attached hydrogen (secondary N) is 1. The molecule has 0 radical (unpaired) electrons. The van der Waals surface area contributed by atoms with Crippen molar-refractivity contribution in [2.75, 3.05) is 12.0 Å². The third kappa shape index (κ3) is 6.07. The van der Waals surface area contributed by atoms with Crippen LogP contribution in [0.3, 0.4) is 0 Å². The molecule has 2 amide bonds. The number of hydrogen-bond acceptors (Lipinski definition) is 5. The summed E-state index contributed by atoms with van der Waals surface area (Å²) in [6.45, 7) is 2.34. The lowest BCUT2D eigenvalue weighted by Crippen LogP contribution is -2.28. The van der Waals surface area contributed by atoms with E-state index in [0.717, 1.165) is 22.9 Å². The molecular weight excluding hydrogens is 504 g/mol. The van der Waals surface area contributed by atoms with Crippen molar-refractivity contribution in [3.63, 3.8) is 0 Å². The van der Waals surface area contributed by atoms with Crippen LogP contribution in [-0.2, 0) is 21.2 Å². The molecule has 0 spiro atoms. The third-order valence-corrected chi connectivity index (χ3v) is 8.48. The lowest BCUT2D eigenvalue weighted by atomic mass is 10.1. The van der Waals surface area contributed by atoms with Crippen molar-refractivity contribution < 1.29 is 18.0 Å². The SMILES string of the molecule is C[C@H](NC(=O)c1ccc([C@@H]2SCC(=O)N2Cc2ccc(Cl)cc2)cc1)c1ccc(S(C)(=O)=O)cc1. The number of carbonyl (C=O) groups excluding carboxylic acids is 2. The van der Waals surface area contributed by atoms with Crippen molar-refractivity contribution in [3.05, 3.63) is 100 Å². The van der Waals surface area contributed by atoms with Crippen molar-refractivity contribution in [1.29, 1.82) is 0 Å². The Morgan fingerprint density at radius 3 is 2.29 bits per heavy atom. The fraction of sp³-hybridized carbons (Fsp3) is 0.231. The number of carbonyl (C=O) groups is 2. The molecule has 0 unspecified atom stereocenters. The summed E-state index contributed by atoms with van der Waals surface area (Å²) in [5.41, 5.74) is 3.27. The number of halogens is 1. The molecule has 0 saturated carbocycles. The summed E-state index contributed by atoms with van der Waals surface area (Å²) in [5.74, 6) is 0.257. The molecule has 6 nitrogen and oxygen atoms in total. The number of rotatable bonds is 7. The van der Waals surface area contributed by atoms with Crippen molar-refractivity contribution in [1.82, 2.24) is 10.2 Å². The zero-order chi connectivity index (χ0) is 25.2. The van der Waals surface area contributed by atoms with Gasteiger partial charge in [-0.25, -0.2) is 8.42 Å². The summed E-state index contributed by atoms with van der Waals surface area (Å²) in [4.78, 5) is 27.4. The van der Waals surface area contributed by atoms with Crippen LogP contribution >= 0.6 is 23.4 Å². The van der Waals surface area contributed by atoms with E-state index in [0.29, 0.717) is 22.9 Å². The maximum Gasteiger partial charge on any atom is 0.251 e. The summed E-state index contributed by atoms with van der Waals surface area (Å²) < 4.78 is 23.3.